The zero-order valence-electron chi connectivity index (χ0n) is 12.8. The van der Waals surface area contributed by atoms with Gasteiger partial charge in [-0.15, -0.1) is 0 Å². The Hall–Kier alpha value is -1.60. The fraction of sp³-hybridized carbons (Fsp3) is 0.500. The third kappa shape index (κ3) is 2.89. The van der Waals surface area contributed by atoms with Crippen molar-refractivity contribution in [2.75, 3.05) is 27.2 Å². The van der Waals surface area contributed by atoms with Crippen LogP contribution in [0.25, 0.3) is 0 Å². The van der Waals surface area contributed by atoms with Gasteiger partial charge in [-0.1, -0.05) is 17.7 Å². The van der Waals surface area contributed by atoms with Gasteiger partial charge in [0.1, 0.15) is 0 Å². The molecule has 21 heavy (non-hydrogen) atoms. The van der Waals surface area contributed by atoms with Gasteiger partial charge < -0.3 is 9.80 Å². The van der Waals surface area contributed by atoms with Crippen molar-refractivity contribution in [3.05, 3.63) is 29.8 Å². The van der Waals surface area contributed by atoms with Crippen molar-refractivity contribution >= 4 is 16.1 Å². The molecule has 2 rings (SSSR count). The maximum absolute atomic E-state index is 12.7. The van der Waals surface area contributed by atoms with Crippen LogP contribution in [0.1, 0.15) is 12.5 Å². The molecule has 1 heterocycles. The molecule has 0 radical (unpaired) electrons. The van der Waals surface area contributed by atoms with E-state index in [0.29, 0.717) is 13.1 Å². The van der Waals surface area contributed by atoms with Crippen LogP contribution in [0.2, 0.25) is 0 Å². The van der Waals surface area contributed by atoms with Crippen LogP contribution in [-0.4, -0.2) is 61.9 Å². The molecule has 1 saturated heterocycles. The summed E-state index contributed by atoms with van der Waals surface area (Å²) in [7, 11) is -0.258. The van der Waals surface area contributed by atoms with Crippen molar-refractivity contribution in [1.82, 2.24) is 14.1 Å². The second-order valence-electron chi connectivity index (χ2n) is 5.43. The molecule has 116 valence electrons. The highest BCUT2D eigenvalue weighted by atomic mass is 32.2. The van der Waals surface area contributed by atoms with E-state index >= 15 is 0 Å². The topological polar surface area (TPSA) is 60.9 Å². The van der Waals surface area contributed by atoms with Gasteiger partial charge in [-0.3, -0.25) is 0 Å². The Kier molecular flexibility index (Phi) is 4.25. The molecule has 0 saturated carbocycles. The smallest absolute Gasteiger partial charge is 0.320 e. The molecule has 0 bridgehead atoms. The fourth-order valence-electron chi connectivity index (χ4n) is 2.41. The third-order valence-corrected chi connectivity index (χ3v) is 5.66. The number of urea groups is 1. The molecule has 2 amide bonds. The summed E-state index contributed by atoms with van der Waals surface area (Å²) in [6, 6.07) is 6.58. The maximum atomic E-state index is 12.7. The molecule has 1 atom stereocenters. The predicted molar refractivity (Wildman–Crippen MR) is 80.3 cm³/mol. The maximum Gasteiger partial charge on any atom is 0.320 e. The van der Waals surface area contributed by atoms with Gasteiger partial charge in [-0.05, 0) is 26.0 Å². The van der Waals surface area contributed by atoms with Crippen molar-refractivity contribution in [2.24, 2.45) is 0 Å². The Morgan fingerprint density at radius 1 is 1.19 bits per heavy atom. The molecular weight excluding hydrogens is 290 g/mol. The van der Waals surface area contributed by atoms with Crippen molar-refractivity contribution in [1.29, 1.82) is 0 Å². The van der Waals surface area contributed by atoms with Crippen LogP contribution in [-0.2, 0) is 10.0 Å². The minimum absolute atomic E-state index is 0.177. The molecular formula is C14H21N3O3S. The molecule has 0 aromatic heterocycles. The standard InChI is InChI=1S/C14H21N3O3S/c1-11-5-7-13(8-6-11)21(19,20)17-10-9-16(12(17)2)14(18)15(3)4/h5-8,12H,9-10H2,1-4H3. The molecule has 1 fully saturated rings. The van der Waals surface area contributed by atoms with Gasteiger partial charge in [0.2, 0.25) is 10.0 Å². The molecule has 7 heteroatoms. The number of nitrogens with zero attached hydrogens (tertiary/aromatic N) is 3. The van der Waals surface area contributed by atoms with Crippen LogP contribution in [0.4, 0.5) is 4.79 Å². The molecule has 6 nitrogen and oxygen atoms in total. The van der Waals surface area contributed by atoms with Crippen LogP contribution in [0.3, 0.4) is 0 Å². The fourth-order valence-corrected chi connectivity index (χ4v) is 4.00. The Labute approximate surface area is 126 Å². The van der Waals surface area contributed by atoms with E-state index in [0.717, 1.165) is 5.56 Å². The second kappa shape index (κ2) is 5.65. The van der Waals surface area contributed by atoms with E-state index < -0.39 is 16.2 Å². The Balaban J connectivity index is 2.26. The Morgan fingerprint density at radius 3 is 2.29 bits per heavy atom. The first kappa shape index (κ1) is 15.8. The molecule has 0 N–H and O–H groups in total. The van der Waals surface area contributed by atoms with E-state index in [1.165, 1.54) is 9.21 Å². The molecule has 1 aliphatic rings. The van der Waals surface area contributed by atoms with Crippen molar-refractivity contribution in [3.63, 3.8) is 0 Å². The lowest BCUT2D eigenvalue weighted by Gasteiger charge is -2.28. The third-order valence-electron chi connectivity index (χ3n) is 3.68. The number of aryl methyl sites for hydroxylation is 1. The van der Waals surface area contributed by atoms with Crippen LogP contribution in [0, 0.1) is 6.92 Å². The minimum Gasteiger partial charge on any atom is -0.331 e. The van der Waals surface area contributed by atoms with E-state index in [9.17, 15) is 13.2 Å². The summed E-state index contributed by atoms with van der Waals surface area (Å²) >= 11 is 0. The molecule has 1 unspecified atom stereocenters. The van der Waals surface area contributed by atoms with E-state index in [4.69, 9.17) is 0 Å². The average Bonchev–Trinajstić information content (AvgIpc) is 2.80. The highest BCUT2D eigenvalue weighted by Gasteiger charge is 2.40. The van der Waals surface area contributed by atoms with Gasteiger partial charge in [-0.2, -0.15) is 4.31 Å². The van der Waals surface area contributed by atoms with E-state index in [-0.39, 0.29) is 10.9 Å². The molecule has 1 aromatic rings. The highest BCUT2D eigenvalue weighted by molar-refractivity contribution is 7.89. The predicted octanol–water partition coefficient (Wildman–Crippen LogP) is 1.33. The molecule has 0 aliphatic carbocycles. The van der Waals surface area contributed by atoms with Gasteiger partial charge in [0.15, 0.2) is 0 Å². The Bertz CT molecular complexity index is 625. The summed E-state index contributed by atoms with van der Waals surface area (Å²) in [6.45, 7) is 4.37. The number of hydrogen-bond acceptors (Lipinski definition) is 3. The summed E-state index contributed by atoms with van der Waals surface area (Å²) in [5.74, 6) is 0. The number of amides is 2. The first-order valence-corrected chi connectivity index (χ1v) is 8.25. The average molecular weight is 311 g/mol. The van der Waals surface area contributed by atoms with E-state index in [2.05, 4.69) is 0 Å². The normalized spacial score (nSPS) is 19.8. The molecule has 1 aromatic carbocycles. The summed E-state index contributed by atoms with van der Waals surface area (Å²) in [5, 5.41) is 0. The van der Waals surface area contributed by atoms with Gasteiger partial charge >= 0.3 is 6.03 Å². The SMILES string of the molecule is Cc1ccc(S(=O)(=O)N2CCN(C(=O)N(C)C)C2C)cc1. The first-order valence-electron chi connectivity index (χ1n) is 6.81. The van der Waals surface area contributed by atoms with E-state index in [1.54, 1.807) is 50.2 Å². The highest BCUT2D eigenvalue weighted by Crippen LogP contribution is 2.24. The Morgan fingerprint density at radius 2 is 1.76 bits per heavy atom. The van der Waals surface area contributed by atoms with Crippen LogP contribution >= 0.6 is 0 Å². The molecule has 1 aliphatic heterocycles. The summed E-state index contributed by atoms with van der Waals surface area (Å²) in [6.07, 6.45) is -0.480. The van der Waals surface area contributed by atoms with Crippen LogP contribution in [0.5, 0.6) is 0 Å². The summed E-state index contributed by atoms with van der Waals surface area (Å²) in [4.78, 5) is 15.3. The zero-order chi connectivity index (χ0) is 15.8. The lowest BCUT2D eigenvalue weighted by atomic mass is 10.2. The number of sulfonamides is 1. The summed E-state index contributed by atoms with van der Waals surface area (Å²) in [5.41, 5.74) is 1.01. The van der Waals surface area contributed by atoms with Gasteiger partial charge in [0.05, 0.1) is 11.1 Å². The van der Waals surface area contributed by atoms with Gasteiger partial charge in [0, 0.05) is 27.2 Å². The largest absolute Gasteiger partial charge is 0.331 e. The van der Waals surface area contributed by atoms with Gasteiger partial charge in [-0.25, -0.2) is 13.2 Å². The monoisotopic (exact) mass is 311 g/mol. The second-order valence-corrected chi connectivity index (χ2v) is 7.32. The van der Waals surface area contributed by atoms with Crippen molar-refractivity contribution in [2.45, 2.75) is 24.9 Å². The number of benzene rings is 1. The molecule has 0 spiro atoms. The van der Waals surface area contributed by atoms with Gasteiger partial charge in [0.25, 0.3) is 0 Å². The van der Waals surface area contributed by atoms with Crippen molar-refractivity contribution < 1.29 is 13.2 Å². The number of rotatable bonds is 2. The lowest BCUT2D eigenvalue weighted by Crippen LogP contribution is -2.46. The first-order chi connectivity index (χ1) is 9.75. The van der Waals surface area contributed by atoms with E-state index in [1.807, 2.05) is 6.92 Å². The lowest BCUT2D eigenvalue weighted by molar-refractivity contribution is 0.156. The number of hydrogen-bond donors (Lipinski definition) is 0. The van der Waals surface area contributed by atoms with Crippen LogP contribution < -0.4 is 0 Å². The van der Waals surface area contributed by atoms with Crippen molar-refractivity contribution in [3.8, 4) is 0 Å². The minimum atomic E-state index is -3.58. The quantitative estimate of drug-likeness (QED) is 0.828. The number of carbonyl (C=O) groups excluding carboxylic acids is 1. The summed E-state index contributed by atoms with van der Waals surface area (Å²) < 4.78 is 26.7. The zero-order valence-corrected chi connectivity index (χ0v) is 13.6. The number of carbonyl (C=O) groups is 1. The van der Waals surface area contributed by atoms with Crippen LogP contribution in [0.15, 0.2) is 29.2 Å².